The number of rotatable bonds is 2. The van der Waals surface area contributed by atoms with E-state index in [0.717, 1.165) is 0 Å². The number of esters is 1. The Bertz CT molecular complexity index is 288. The maximum atomic E-state index is 11.8. The topological polar surface area (TPSA) is 84.9 Å². The smallest absolute Gasteiger partial charge is 0.352 e. The van der Waals surface area contributed by atoms with Crippen LogP contribution in [0.1, 0.15) is 20.8 Å². The van der Waals surface area contributed by atoms with Crippen molar-refractivity contribution in [3.63, 3.8) is 0 Å². The van der Waals surface area contributed by atoms with Gasteiger partial charge >= 0.3 is 11.9 Å². The molecule has 0 bridgehead atoms. The zero-order chi connectivity index (χ0) is 12.4. The molecule has 0 aliphatic carbocycles. The summed E-state index contributed by atoms with van der Waals surface area (Å²) in [6.07, 6.45) is 0. The molecule has 6 heteroatoms. The summed E-state index contributed by atoms with van der Waals surface area (Å²) in [7, 11) is 0. The summed E-state index contributed by atoms with van der Waals surface area (Å²) in [6.45, 7) is 5.66. The highest BCUT2D eigenvalue weighted by molar-refractivity contribution is 6.03. The number of carbonyl (C=O) groups excluding carboxylic acids is 1. The monoisotopic (exact) mass is 231 g/mol. The quantitative estimate of drug-likeness (QED) is 0.504. The zero-order valence-electron chi connectivity index (χ0n) is 9.70. The Morgan fingerprint density at radius 3 is 2.44 bits per heavy atom. The van der Waals surface area contributed by atoms with Crippen molar-refractivity contribution in [1.82, 2.24) is 5.32 Å². The number of ether oxygens (including phenoxy) is 2. The molecular weight excluding hydrogens is 214 g/mol. The van der Waals surface area contributed by atoms with E-state index < -0.39 is 23.1 Å². The highest BCUT2D eigenvalue weighted by Crippen LogP contribution is 2.20. The lowest BCUT2D eigenvalue weighted by atomic mass is 10.0. The van der Waals surface area contributed by atoms with Gasteiger partial charge in [-0.25, -0.2) is 9.59 Å². The summed E-state index contributed by atoms with van der Waals surface area (Å²) in [4.78, 5) is 22.9. The van der Waals surface area contributed by atoms with E-state index in [2.05, 4.69) is 5.32 Å². The van der Waals surface area contributed by atoms with E-state index in [4.69, 9.17) is 14.6 Å². The summed E-state index contributed by atoms with van der Waals surface area (Å²) < 4.78 is 10.2. The number of carboxylic acids is 1. The minimum absolute atomic E-state index is 0.0722. The van der Waals surface area contributed by atoms with E-state index >= 15 is 0 Å². The molecule has 1 aliphatic rings. The van der Waals surface area contributed by atoms with Crippen LogP contribution in [0.5, 0.6) is 0 Å². The normalized spacial score (nSPS) is 26.2. The molecule has 1 heterocycles. The molecular formula is C10H17NO5. The van der Waals surface area contributed by atoms with Gasteiger partial charge in [0, 0.05) is 13.1 Å². The van der Waals surface area contributed by atoms with Gasteiger partial charge in [-0.3, -0.25) is 0 Å². The van der Waals surface area contributed by atoms with Crippen molar-refractivity contribution in [1.29, 1.82) is 0 Å². The number of morpholine rings is 1. The zero-order valence-corrected chi connectivity index (χ0v) is 9.70. The number of hydrogen-bond acceptors (Lipinski definition) is 5. The van der Waals surface area contributed by atoms with Gasteiger partial charge in [-0.1, -0.05) is 0 Å². The number of aliphatic carboxylic acids is 1. The van der Waals surface area contributed by atoms with Crippen molar-refractivity contribution in [2.24, 2.45) is 0 Å². The molecule has 1 saturated heterocycles. The summed E-state index contributed by atoms with van der Waals surface area (Å²) in [6, 6.07) is 0. The molecule has 0 aromatic heterocycles. The molecule has 0 amide bonds. The van der Waals surface area contributed by atoms with Gasteiger partial charge < -0.3 is 19.9 Å². The maximum Gasteiger partial charge on any atom is 0.352 e. The van der Waals surface area contributed by atoms with Crippen molar-refractivity contribution < 1.29 is 24.2 Å². The lowest BCUT2D eigenvalue weighted by Gasteiger charge is -2.33. The van der Waals surface area contributed by atoms with Crippen LogP contribution < -0.4 is 5.32 Å². The summed E-state index contributed by atoms with van der Waals surface area (Å²) in [5.74, 6) is -2.19. The molecule has 0 spiro atoms. The second kappa shape index (κ2) is 4.39. The maximum absolute atomic E-state index is 11.8. The molecule has 0 saturated carbocycles. The fourth-order valence-corrected chi connectivity index (χ4v) is 1.33. The van der Waals surface area contributed by atoms with Crippen LogP contribution in [0.2, 0.25) is 0 Å². The molecule has 0 aromatic carbocycles. The molecule has 1 rings (SSSR count). The fourth-order valence-electron chi connectivity index (χ4n) is 1.33. The first kappa shape index (κ1) is 12.9. The minimum atomic E-state index is -1.91. The summed E-state index contributed by atoms with van der Waals surface area (Å²) >= 11 is 0. The molecule has 0 aromatic rings. The number of nitrogens with one attached hydrogen (secondary N) is 1. The van der Waals surface area contributed by atoms with Crippen LogP contribution >= 0.6 is 0 Å². The highest BCUT2D eigenvalue weighted by atomic mass is 16.6. The molecule has 2 N–H and O–H groups in total. The third kappa shape index (κ3) is 2.70. The van der Waals surface area contributed by atoms with Gasteiger partial charge in [0.05, 0.1) is 6.61 Å². The van der Waals surface area contributed by atoms with Crippen LogP contribution in [0.4, 0.5) is 0 Å². The predicted molar refractivity (Wildman–Crippen MR) is 55.0 cm³/mol. The van der Waals surface area contributed by atoms with Crippen molar-refractivity contribution in [3.8, 4) is 0 Å². The molecule has 1 unspecified atom stereocenters. The van der Waals surface area contributed by atoms with Crippen LogP contribution in [-0.2, 0) is 19.1 Å². The number of carbonyl (C=O) groups is 2. The van der Waals surface area contributed by atoms with Gasteiger partial charge in [-0.05, 0) is 20.8 Å². The highest BCUT2D eigenvalue weighted by Gasteiger charge is 2.51. The second-order valence-electron chi connectivity index (χ2n) is 4.66. The minimum Gasteiger partial charge on any atom is -0.479 e. The molecule has 1 fully saturated rings. The summed E-state index contributed by atoms with van der Waals surface area (Å²) in [5, 5.41) is 11.9. The molecule has 16 heavy (non-hydrogen) atoms. The molecule has 92 valence electrons. The SMILES string of the molecule is CC(C)(C)OC(=O)C1(C(=O)O)CNCCO1. The Balaban J connectivity index is 2.85. The van der Waals surface area contributed by atoms with Gasteiger partial charge in [0.1, 0.15) is 5.60 Å². The molecule has 6 nitrogen and oxygen atoms in total. The van der Waals surface area contributed by atoms with E-state index in [1.165, 1.54) is 0 Å². The lowest BCUT2D eigenvalue weighted by Crippen LogP contribution is -2.61. The van der Waals surface area contributed by atoms with E-state index in [0.29, 0.717) is 6.54 Å². The van der Waals surface area contributed by atoms with Gasteiger partial charge in [0.2, 0.25) is 0 Å². The van der Waals surface area contributed by atoms with Crippen molar-refractivity contribution >= 4 is 11.9 Å². The predicted octanol–water partition coefficient (Wildman–Crippen LogP) is -0.229. The van der Waals surface area contributed by atoms with Crippen molar-refractivity contribution in [2.75, 3.05) is 19.7 Å². The van der Waals surface area contributed by atoms with E-state index in [1.807, 2.05) is 0 Å². The average molecular weight is 231 g/mol. The van der Waals surface area contributed by atoms with Crippen LogP contribution in [0.15, 0.2) is 0 Å². The fraction of sp³-hybridized carbons (Fsp3) is 0.800. The number of carboxylic acid groups (broad SMARTS) is 1. The third-order valence-electron chi connectivity index (χ3n) is 2.08. The van der Waals surface area contributed by atoms with E-state index in [9.17, 15) is 9.59 Å². The van der Waals surface area contributed by atoms with Crippen molar-refractivity contribution in [2.45, 2.75) is 32.0 Å². The first-order valence-electron chi connectivity index (χ1n) is 5.09. The van der Waals surface area contributed by atoms with E-state index in [1.54, 1.807) is 20.8 Å². The Hall–Kier alpha value is -1.14. The second-order valence-corrected chi connectivity index (χ2v) is 4.66. The van der Waals surface area contributed by atoms with Gasteiger partial charge in [0.25, 0.3) is 5.60 Å². The first-order chi connectivity index (χ1) is 7.28. The van der Waals surface area contributed by atoms with Crippen LogP contribution in [-0.4, -0.2) is 47.9 Å². The number of hydrogen-bond donors (Lipinski definition) is 2. The van der Waals surface area contributed by atoms with Crippen LogP contribution in [0.3, 0.4) is 0 Å². The van der Waals surface area contributed by atoms with Crippen molar-refractivity contribution in [3.05, 3.63) is 0 Å². The largest absolute Gasteiger partial charge is 0.479 e. The lowest BCUT2D eigenvalue weighted by molar-refractivity contribution is -0.197. The Morgan fingerprint density at radius 1 is 1.44 bits per heavy atom. The molecule has 1 atom stereocenters. The molecule has 1 aliphatic heterocycles. The Kier molecular flexibility index (Phi) is 3.54. The summed E-state index contributed by atoms with van der Waals surface area (Å²) in [5.41, 5.74) is -2.65. The standard InChI is InChI=1S/C10H17NO5/c1-9(2,3)16-8(14)10(7(12)13)6-11-4-5-15-10/h11H,4-6H2,1-3H3,(H,12,13). The van der Waals surface area contributed by atoms with Gasteiger partial charge in [-0.15, -0.1) is 0 Å². The molecule has 0 radical (unpaired) electrons. The van der Waals surface area contributed by atoms with Gasteiger partial charge in [-0.2, -0.15) is 0 Å². The van der Waals surface area contributed by atoms with E-state index in [-0.39, 0.29) is 13.2 Å². The first-order valence-corrected chi connectivity index (χ1v) is 5.09. The Morgan fingerprint density at radius 2 is 2.06 bits per heavy atom. The van der Waals surface area contributed by atoms with Crippen LogP contribution in [0, 0.1) is 0 Å². The van der Waals surface area contributed by atoms with Crippen LogP contribution in [0.25, 0.3) is 0 Å². The Labute approximate surface area is 93.9 Å². The average Bonchev–Trinajstić information content (AvgIpc) is 2.16. The third-order valence-corrected chi connectivity index (χ3v) is 2.08. The van der Waals surface area contributed by atoms with Gasteiger partial charge in [0.15, 0.2) is 0 Å².